The second-order valence-corrected chi connectivity index (χ2v) is 4.44. The van der Waals surface area contributed by atoms with Crippen LogP contribution < -0.4 is 10.6 Å². The number of benzene rings is 1. The molecule has 5 nitrogen and oxygen atoms in total. The molecule has 104 valence electrons. The predicted molar refractivity (Wildman–Crippen MR) is 71.7 cm³/mol. The fourth-order valence-corrected chi connectivity index (χ4v) is 1.46. The summed E-state index contributed by atoms with van der Waals surface area (Å²) >= 11 is 0. The van der Waals surface area contributed by atoms with Crippen molar-refractivity contribution in [2.45, 2.75) is 19.8 Å². The third-order valence-corrected chi connectivity index (χ3v) is 2.72. The van der Waals surface area contributed by atoms with Crippen LogP contribution in [0, 0.1) is 5.82 Å². The number of halogens is 1. The van der Waals surface area contributed by atoms with E-state index in [4.69, 9.17) is 0 Å². The number of urea groups is 2. The number of nitrogens with zero attached hydrogens (tertiary/aromatic N) is 1. The highest BCUT2D eigenvalue weighted by molar-refractivity contribution is 6.00. The number of carbonyl (C=O) groups excluding carboxylic acids is 2. The first-order valence-electron chi connectivity index (χ1n) is 5.92. The Morgan fingerprint density at radius 3 is 2.42 bits per heavy atom. The van der Waals surface area contributed by atoms with E-state index in [1.807, 2.05) is 13.8 Å². The SMILES string of the molecule is CNC(=O)N(C)C(=O)Nc1cc(C(C)C)ccc1F. The van der Waals surface area contributed by atoms with Crippen LogP contribution in [0.1, 0.15) is 25.3 Å². The molecule has 1 aromatic carbocycles. The normalized spacial score (nSPS) is 10.2. The maximum Gasteiger partial charge on any atom is 0.329 e. The predicted octanol–water partition coefficient (Wildman–Crippen LogP) is 2.75. The van der Waals surface area contributed by atoms with Crippen molar-refractivity contribution in [3.63, 3.8) is 0 Å². The molecule has 0 fully saturated rings. The molecule has 0 atom stereocenters. The maximum absolute atomic E-state index is 13.6. The average molecular weight is 267 g/mol. The molecule has 1 rings (SSSR count). The van der Waals surface area contributed by atoms with Crippen LogP contribution in [0.4, 0.5) is 19.7 Å². The quantitative estimate of drug-likeness (QED) is 0.865. The highest BCUT2D eigenvalue weighted by Gasteiger charge is 2.17. The number of hydrogen-bond acceptors (Lipinski definition) is 2. The van der Waals surface area contributed by atoms with Gasteiger partial charge in [-0.15, -0.1) is 0 Å². The maximum atomic E-state index is 13.6. The molecule has 0 heterocycles. The van der Waals surface area contributed by atoms with Gasteiger partial charge in [0.05, 0.1) is 5.69 Å². The molecule has 0 radical (unpaired) electrons. The molecular weight excluding hydrogens is 249 g/mol. The smallest absolute Gasteiger partial charge is 0.329 e. The van der Waals surface area contributed by atoms with Crippen molar-refractivity contribution >= 4 is 17.7 Å². The van der Waals surface area contributed by atoms with E-state index in [0.29, 0.717) is 0 Å². The van der Waals surface area contributed by atoms with Crippen molar-refractivity contribution in [1.82, 2.24) is 10.2 Å². The lowest BCUT2D eigenvalue weighted by molar-refractivity contribution is 0.203. The van der Waals surface area contributed by atoms with Crippen LogP contribution in [-0.2, 0) is 0 Å². The topological polar surface area (TPSA) is 61.4 Å². The Morgan fingerprint density at radius 2 is 1.89 bits per heavy atom. The second-order valence-electron chi connectivity index (χ2n) is 4.44. The molecule has 2 N–H and O–H groups in total. The van der Waals surface area contributed by atoms with Crippen molar-refractivity contribution in [2.24, 2.45) is 0 Å². The third kappa shape index (κ3) is 3.67. The van der Waals surface area contributed by atoms with Gasteiger partial charge in [-0.3, -0.25) is 0 Å². The molecule has 0 aliphatic rings. The van der Waals surface area contributed by atoms with E-state index in [9.17, 15) is 14.0 Å². The lowest BCUT2D eigenvalue weighted by Crippen LogP contribution is -2.41. The van der Waals surface area contributed by atoms with Gasteiger partial charge in [0.15, 0.2) is 0 Å². The summed E-state index contributed by atoms with van der Waals surface area (Å²) in [6, 6.07) is 3.26. The molecule has 0 aliphatic carbocycles. The highest BCUT2D eigenvalue weighted by Crippen LogP contribution is 2.22. The van der Waals surface area contributed by atoms with Crippen molar-refractivity contribution in [1.29, 1.82) is 0 Å². The van der Waals surface area contributed by atoms with Crippen LogP contribution in [0.2, 0.25) is 0 Å². The van der Waals surface area contributed by atoms with Gasteiger partial charge in [0.2, 0.25) is 0 Å². The third-order valence-electron chi connectivity index (χ3n) is 2.72. The Labute approximate surface area is 111 Å². The molecule has 19 heavy (non-hydrogen) atoms. The van der Waals surface area contributed by atoms with E-state index < -0.39 is 17.9 Å². The molecule has 6 heteroatoms. The summed E-state index contributed by atoms with van der Waals surface area (Å²) in [4.78, 5) is 23.8. The first-order valence-corrected chi connectivity index (χ1v) is 5.92. The number of nitrogens with one attached hydrogen (secondary N) is 2. The summed E-state index contributed by atoms with van der Waals surface area (Å²) in [6.07, 6.45) is 0. The van der Waals surface area contributed by atoms with E-state index in [1.54, 1.807) is 12.1 Å². The van der Waals surface area contributed by atoms with E-state index in [0.717, 1.165) is 10.5 Å². The summed E-state index contributed by atoms with van der Waals surface area (Å²) in [6.45, 7) is 3.94. The van der Waals surface area contributed by atoms with E-state index >= 15 is 0 Å². The fraction of sp³-hybridized carbons (Fsp3) is 0.385. The molecule has 0 bridgehead atoms. The van der Waals surface area contributed by atoms with Gasteiger partial charge in [0, 0.05) is 14.1 Å². The van der Waals surface area contributed by atoms with Gasteiger partial charge in [0.1, 0.15) is 5.82 Å². The second kappa shape index (κ2) is 6.17. The molecule has 0 spiro atoms. The fourth-order valence-electron chi connectivity index (χ4n) is 1.46. The summed E-state index contributed by atoms with van der Waals surface area (Å²) in [5.41, 5.74) is 0.964. The number of amides is 4. The lowest BCUT2D eigenvalue weighted by atomic mass is 10.0. The van der Waals surface area contributed by atoms with Gasteiger partial charge in [-0.1, -0.05) is 19.9 Å². The zero-order valence-electron chi connectivity index (χ0n) is 11.5. The Hall–Kier alpha value is -2.11. The van der Waals surface area contributed by atoms with Crippen LogP contribution in [0.5, 0.6) is 0 Å². The Balaban J connectivity index is 2.90. The zero-order chi connectivity index (χ0) is 14.6. The zero-order valence-corrected chi connectivity index (χ0v) is 11.5. The lowest BCUT2D eigenvalue weighted by Gasteiger charge is -2.16. The Kier molecular flexibility index (Phi) is 4.86. The van der Waals surface area contributed by atoms with Crippen molar-refractivity contribution in [3.8, 4) is 0 Å². The summed E-state index contributed by atoms with van der Waals surface area (Å²) < 4.78 is 13.6. The molecule has 0 saturated heterocycles. The standard InChI is InChI=1S/C13H18FN3O2/c1-8(2)9-5-6-10(14)11(7-9)16-13(19)17(4)12(18)15-3/h5-8H,1-4H3,(H,15,18)(H,16,19). The average Bonchev–Trinajstić information content (AvgIpc) is 2.38. The van der Waals surface area contributed by atoms with Gasteiger partial charge in [-0.05, 0) is 23.6 Å². The minimum absolute atomic E-state index is 0.0620. The molecular formula is C13H18FN3O2. The summed E-state index contributed by atoms with van der Waals surface area (Å²) in [7, 11) is 2.71. The summed E-state index contributed by atoms with van der Waals surface area (Å²) in [5, 5.41) is 4.68. The van der Waals surface area contributed by atoms with Gasteiger partial charge in [0.25, 0.3) is 0 Å². The minimum Gasteiger partial charge on any atom is -0.341 e. The van der Waals surface area contributed by atoms with Crippen molar-refractivity contribution in [3.05, 3.63) is 29.6 Å². The molecule has 0 unspecified atom stereocenters. The van der Waals surface area contributed by atoms with Crippen molar-refractivity contribution in [2.75, 3.05) is 19.4 Å². The van der Waals surface area contributed by atoms with Crippen LogP contribution in [0.15, 0.2) is 18.2 Å². The van der Waals surface area contributed by atoms with Crippen molar-refractivity contribution < 1.29 is 14.0 Å². The largest absolute Gasteiger partial charge is 0.341 e. The van der Waals surface area contributed by atoms with Gasteiger partial charge >= 0.3 is 12.1 Å². The number of imide groups is 1. The van der Waals surface area contributed by atoms with Crippen LogP contribution in [-0.4, -0.2) is 31.1 Å². The monoisotopic (exact) mass is 267 g/mol. The summed E-state index contributed by atoms with van der Waals surface area (Å²) in [5.74, 6) is -0.323. The Bertz CT molecular complexity index is 489. The Morgan fingerprint density at radius 1 is 1.26 bits per heavy atom. The molecule has 1 aromatic rings. The van der Waals surface area contributed by atoms with E-state index in [2.05, 4.69) is 10.6 Å². The van der Waals surface area contributed by atoms with E-state index in [-0.39, 0.29) is 11.6 Å². The van der Waals surface area contributed by atoms with Crippen LogP contribution in [0.3, 0.4) is 0 Å². The van der Waals surface area contributed by atoms with Crippen LogP contribution in [0.25, 0.3) is 0 Å². The van der Waals surface area contributed by atoms with Gasteiger partial charge in [-0.2, -0.15) is 0 Å². The first-order chi connectivity index (χ1) is 8.86. The molecule has 0 aromatic heterocycles. The number of hydrogen-bond donors (Lipinski definition) is 2. The van der Waals surface area contributed by atoms with E-state index in [1.165, 1.54) is 20.2 Å². The highest BCUT2D eigenvalue weighted by atomic mass is 19.1. The number of anilines is 1. The molecule has 4 amide bonds. The minimum atomic E-state index is -0.695. The first kappa shape index (κ1) is 14.9. The van der Waals surface area contributed by atoms with Gasteiger partial charge < -0.3 is 10.6 Å². The molecule has 0 saturated carbocycles. The van der Waals surface area contributed by atoms with Crippen LogP contribution >= 0.6 is 0 Å². The molecule has 0 aliphatic heterocycles. The van der Waals surface area contributed by atoms with Gasteiger partial charge in [-0.25, -0.2) is 18.9 Å². The number of rotatable bonds is 2. The number of carbonyl (C=O) groups is 2.